The van der Waals surface area contributed by atoms with Crippen LogP contribution in [0.5, 0.6) is 5.75 Å². The van der Waals surface area contributed by atoms with E-state index in [9.17, 15) is 0 Å². The monoisotopic (exact) mass is 337 g/mol. The van der Waals surface area contributed by atoms with Gasteiger partial charge in [0, 0.05) is 32.5 Å². The Bertz CT molecular complexity index is 461. The molecule has 136 valence electrons. The fourth-order valence-electron chi connectivity index (χ4n) is 1.93. The van der Waals surface area contributed by atoms with Crippen molar-refractivity contribution in [3.63, 3.8) is 0 Å². The maximum Gasteiger partial charge on any atom is 0.195 e. The van der Waals surface area contributed by atoms with Crippen LogP contribution >= 0.6 is 0 Å². The fraction of sp³-hybridized carbons (Fsp3) is 0.611. The smallest absolute Gasteiger partial charge is 0.195 e. The van der Waals surface area contributed by atoms with Gasteiger partial charge in [0.2, 0.25) is 0 Å². The van der Waals surface area contributed by atoms with Crippen LogP contribution in [0.25, 0.3) is 0 Å². The Morgan fingerprint density at radius 3 is 2.50 bits per heavy atom. The number of guanidine groups is 1. The summed E-state index contributed by atoms with van der Waals surface area (Å²) < 4.78 is 16.0. The lowest BCUT2D eigenvalue weighted by molar-refractivity contribution is 0.0702. The molecule has 0 fully saturated rings. The third-order valence-electron chi connectivity index (χ3n) is 2.98. The van der Waals surface area contributed by atoms with Crippen LogP contribution in [-0.2, 0) is 9.47 Å². The van der Waals surface area contributed by atoms with Crippen molar-refractivity contribution in [1.82, 2.24) is 5.32 Å². The number of nitrogens with one attached hydrogen (secondary N) is 2. The molecule has 0 heterocycles. The number of hydrogen-bond donors (Lipinski definition) is 2. The van der Waals surface area contributed by atoms with Crippen LogP contribution in [0, 0.1) is 0 Å². The Labute approximate surface area is 145 Å². The topological polar surface area (TPSA) is 64.1 Å². The number of hydrogen-bond acceptors (Lipinski definition) is 4. The second-order valence-electron chi connectivity index (χ2n) is 5.54. The summed E-state index contributed by atoms with van der Waals surface area (Å²) in [6, 6.07) is 7.88. The Kier molecular flexibility index (Phi) is 10.6. The van der Waals surface area contributed by atoms with Gasteiger partial charge in [0.25, 0.3) is 0 Å². The minimum absolute atomic E-state index is 0.175. The number of ether oxygens (including phenoxy) is 3. The van der Waals surface area contributed by atoms with Crippen molar-refractivity contribution in [2.75, 3.05) is 45.3 Å². The molecular weight excluding hydrogens is 306 g/mol. The van der Waals surface area contributed by atoms with Crippen LogP contribution in [0.2, 0.25) is 0 Å². The van der Waals surface area contributed by atoms with Gasteiger partial charge in [-0.25, -0.2) is 0 Å². The number of aliphatic imine (C=N–C) groups is 1. The maximum atomic E-state index is 5.64. The molecule has 0 unspecified atom stereocenters. The second-order valence-corrected chi connectivity index (χ2v) is 5.54. The van der Waals surface area contributed by atoms with E-state index in [4.69, 9.17) is 14.2 Å². The molecule has 0 atom stereocenters. The van der Waals surface area contributed by atoms with Gasteiger partial charge >= 0.3 is 0 Å². The normalized spacial score (nSPS) is 11.6. The van der Waals surface area contributed by atoms with Crippen molar-refractivity contribution in [3.05, 3.63) is 24.3 Å². The lowest BCUT2D eigenvalue weighted by Crippen LogP contribution is -2.30. The molecule has 0 radical (unpaired) electrons. The van der Waals surface area contributed by atoms with E-state index in [-0.39, 0.29) is 6.10 Å². The Balaban J connectivity index is 2.42. The third-order valence-corrected chi connectivity index (χ3v) is 2.98. The zero-order valence-electron chi connectivity index (χ0n) is 15.3. The van der Waals surface area contributed by atoms with Crippen molar-refractivity contribution in [3.8, 4) is 5.75 Å². The lowest BCUT2D eigenvalue weighted by Gasteiger charge is -2.13. The van der Waals surface area contributed by atoms with Gasteiger partial charge in [0.05, 0.1) is 19.3 Å². The molecule has 1 rings (SSSR count). The number of benzene rings is 1. The number of nitrogens with zero attached hydrogens (tertiary/aromatic N) is 1. The molecule has 0 aliphatic heterocycles. The van der Waals surface area contributed by atoms with Gasteiger partial charge in [-0.15, -0.1) is 0 Å². The lowest BCUT2D eigenvalue weighted by atomic mass is 10.3. The van der Waals surface area contributed by atoms with E-state index in [0.717, 1.165) is 30.4 Å². The van der Waals surface area contributed by atoms with Crippen LogP contribution in [-0.4, -0.2) is 52.1 Å². The summed E-state index contributed by atoms with van der Waals surface area (Å²) in [5.41, 5.74) is 0.974. The van der Waals surface area contributed by atoms with Gasteiger partial charge in [-0.2, -0.15) is 0 Å². The van der Waals surface area contributed by atoms with Crippen LogP contribution in [0.15, 0.2) is 29.3 Å². The second kappa shape index (κ2) is 12.6. The van der Waals surface area contributed by atoms with Gasteiger partial charge in [0.15, 0.2) is 5.96 Å². The summed E-state index contributed by atoms with van der Waals surface area (Å²) >= 11 is 0. The van der Waals surface area contributed by atoms with E-state index in [1.54, 1.807) is 7.11 Å². The molecule has 0 bridgehead atoms. The molecule has 2 N–H and O–H groups in total. The summed E-state index contributed by atoms with van der Waals surface area (Å²) in [5, 5.41) is 6.53. The summed E-state index contributed by atoms with van der Waals surface area (Å²) in [5.74, 6) is 1.64. The molecule has 0 aliphatic carbocycles. The molecule has 1 aromatic carbocycles. The summed E-state index contributed by atoms with van der Waals surface area (Å²) in [7, 11) is 1.67. The average Bonchev–Trinajstić information content (AvgIpc) is 2.55. The first kappa shape index (κ1) is 20.3. The molecule has 0 aliphatic rings. The van der Waals surface area contributed by atoms with Crippen molar-refractivity contribution in [2.24, 2.45) is 4.99 Å². The maximum absolute atomic E-state index is 5.64. The minimum Gasteiger partial charge on any atom is -0.491 e. The zero-order chi connectivity index (χ0) is 17.6. The van der Waals surface area contributed by atoms with E-state index in [1.165, 1.54) is 0 Å². The van der Waals surface area contributed by atoms with E-state index in [2.05, 4.69) is 15.6 Å². The average molecular weight is 337 g/mol. The van der Waals surface area contributed by atoms with Crippen molar-refractivity contribution in [2.45, 2.75) is 33.3 Å². The largest absolute Gasteiger partial charge is 0.491 e. The third kappa shape index (κ3) is 9.37. The molecule has 0 saturated heterocycles. The highest BCUT2D eigenvalue weighted by atomic mass is 16.5. The first-order valence-electron chi connectivity index (χ1n) is 8.54. The van der Waals surface area contributed by atoms with E-state index < -0.39 is 0 Å². The Morgan fingerprint density at radius 2 is 1.88 bits per heavy atom. The number of rotatable bonds is 11. The first-order valence-corrected chi connectivity index (χ1v) is 8.54. The van der Waals surface area contributed by atoms with Gasteiger partial charge in [-0.1, -0.05) is 0 Å². The standard InChI is InChI=1S/C18H31N3O3/c1-5-19-18(20-11-6-12-23-14-13-22-4)21-16-7-9-17(10-8-16)24-15(2)3/h7-10,15H,5-6,11-14H2,1-4H3,(H2,19,20,21). The van der Waals surface area contributed by atoms with E-state index in [1.807, 2.05) is 45.0 Å². The van der Waals surface area contributed by atoms with Crippen LogP contribution < -0.4 is 15.4 Å². The molecule has 24 heavy (non-hydrogen) atoms. The molecule has 6 heteroatoms. The highest BCUT2D eigenvalue weighted by molar-refractivity contribution is 5.93. The predicted octanol–water partition coefficient (Wildman–Crippen LogP) is 2.90. The van der Waals surface area contributed by atoms with Gasteiger partial charge in [-0.05, 0) is 51.5 Å². The van der Waals surface area contributed by atoms with Gasteiger partial charge in [-0.3, -0.25) is 4.99 Å². The highest BCUT2D eigenvalue weighted by Gasteiger charge is 2.01. The molecule has 1 aromatic rings. The first-order chi connectivity index (χ1) is 11.7. The molecule has 0 spiro atoms. The van der Waals surface area contributed by atoms with Crippen LogP contribution in [0.3, 0.4) is 0 Å². The van der Waals surface area contributed by atoms with Gasteiger partial charge in [0.1, 0.15) is 5.75 Å². The van der Waals surface area contributed by atoms with Crippen LogP contribution in [0.4, 0.5) is 5.69 Å². The molecule has 0 aromatic heterocycles. The number of methoxy groups -OCH3 is 1. The molecule has 0 amide bonds. The zero-order valence-corrected chi connectivity index (χ0v) is 15.3. The quantitative estimate of drug-likeness (QED) is 0.369. The van der Waals surface area contributed by atoms with Crippen LogP contribution in [0.1, 0.15) is 27.2 Å². The van der Waals surface area contributed by atoms with Crippen molar-refractivity contribution < 1.29 is 14.2 Å². The summed E-state index contributed by atoms with van der Waals surface area (Å²) in [6.07, 6.45) is 1.05. The minimum atomic E-state index is 0.175. The highest BCUT2D eigenvalue weighted by Crippen LogP contribution is 2.16. The van der Waals surface area contributed by atoms with E-state index in [0.29, 0.717) is 26.4 Å². The SMILES string of the molecule is CCNC(=NCCCOCCOC)Nc1ccc(OC(C)C)cc1. The summed E-state index contributed by atoms with van der Waals surface area (Å²) in [6.45, 7) is 9.54. The molecular formula is C18H31N3O3. The summed E-state index contributed by atoms with van der Waals surface area (Å²) in [4.78, 5) is 4.55. The Morgan fingerprint density at radius 1 is 1.12 bits per heavy atom. The van der Waals surface area contributed by atoms with Crippen molar-refractivity contribution in [1.29, 1.82) is 0 Å². The number of anilines is 1. The predicted molar refractivity (Wildman–Crippen MR) is 99.1 cm³/mol. The molecule has 6 nitrogen and oxygen atoms in total. The van der Waals surface area contributed by atoms with Crippen molar-refractivity contribution >= 4 is 11.6 Å². The Hall–Kier alpha value is -1.79. The van der Waals surface area contributed by atoms with E-state index >= 15 is 0 Å². The fourth-order valence-corrected chi connectivity index (χ4v) is 1.93. The molecule has 0 saturated carbocycles. The van der Waals surface area contributed by atoms with Gasteiger partial charge < -0.3 is 24.8 Å².